The molecule has 0 heterocycles. The molecule has 0 unspecified atom stereocenters. The van der Waals surface area contributed by atoms with Gasteiger partial charge in [0.25, 0.3) is 0 Å². The summed E-state index contributed by atoms with van der Waals surface area (Å²) in [7, 11) is 0. The molecule has 0 fully saturated rings. The highest BCUT2D eigenvalue weighted by Gasteiger charge is 1.98. The van der Waals surface area contributed by atoms with Crippen molar-refractivity contribution in [3.8, 4) is 0 Å². The van der Waals surface area contributed by atoms with Gasteiger partial charge < -0.3 is 10.6 Å². The minimum Gasteiger partial charge on any atom is -0.356 e. The zero-order valence-corrected chi connectivity index (χ0v) is 9.77. The van der Waals surface area contributed by atoms with Crippen molar-refractivity contribution < 1.29 is 9.59 Å². The van der Waals surface area contributed by atoms with Crippen molar-refractivity contribution in [2.45, 2.75) is 46.0 Å². The predicted molar refractivity (Wildman–Crippen MR) is 60.5 cm³/mol. The van der Waals surface area contributed by atoms with Gasteiger partial charge in [0.2, 0.25) is 11.8 Å². The van der Waals surface area contributed by atoms with Gasteiger partial charge >= 0.3 is 0 Å². The first-order chi connectivity index (χ1) is 7.16. The number of amides is 2. The molecule has 2 amide bonds. The van der Waals surface area contributed by atoms with Gasteiger partial charge in [0.05, 0.1) is 0 Å². The van der Waals surface area contributed by atoms with Gasteiger partial charge in [0.15, 0.2) is 0 Å². The highest BCUT2D eigenvalue weighted by molar-refractivity contribution is 5.75. The van der Waals surface area contributed by atoms with Crippen LogP contribution in [0.1, 0.15) is 46.0 Å². The minimum atomic E-state index is 0.00183. The molecule has 0 radical (unpaired) electrons. The number of carbonyl (C=O) groups excluding carboxylic acids is 2. The summed E-state index contributed by atoms with van der Waals surface area (Å²) in [5.74, 6) is 0.137. The topological polar surface area (TPSA) is 58.2 Å². The second kappa shape index (κ2) is 9.49. The third-order valence-electron chi connectivity index (χ3n) is 2.06. The van der Waals surface area contributed by atoms with E-state index in [-0.39, 0.29) is 11.8 Å². The molecule has 0 saturated carbocycles. The maximum Gasteiger partial charge on any atom is 0.219 e. The van der Waals surface area contributed by atoms with Gasteiger partial charge in [-0.1, -0.05) is 13.3 Å². The summed E-state index contributed by atoms with van der Waals surface area (Å²) in [5, 5.41) is 5.57. The smallest absolute Gasteiger partial charge is 0.219 e. The van der Waals surface area contributed by atoms with E-state index in [1.54, 1.807) is 0 Å². The fourth-order valence-electron chi connectivity index (χ4n) is 1.17. The Bertz CT molecular complexity index is 193. The first-order valence-corrected chi connectivity index (χ1v) is 5.68. The van der Waals surface area contributed by atoms with Crippen molar-refractivity contribution in [3.63, 3.8) is 0 Å². The zero-order valence-electron chi connectivity index (χ0n) is 9.77. The Morgan fingerprint density at radius 3 is 2.13 bits per heavy atom. The van der Waals surface area contributed by atoms with Crippen LogP contribution in [0.2, 0.25) is 0 Å². The van der Waals surface area contributed by atoms with Crippen LogP contribution in [0.5, 0.6) is 0 Å². The van der Waals surface area contributed by atoms with E-state index in [9.17, 15) is 9.59 Å². The Kier molecular flexibility index (Phi) is 8.82. The molecule has 0 aliphatic rings. The molecule has 0 aromatic carbocycles. The predicted octanol–water partition coefficient (Wildman–Crippen LogP) is 1.21. The Hall–Kier alpha value is -1.06. The standard InChI is InChI=1S/C11H22N2O2/c1-3-4-7-11(15)13-9-6-5-8-12-10(2)14/h3-9H2,1-2H3,(H,12,14)(H,13,15). The van der Waals surface area contributed by atoms with Gasteiger partial charge in [-0.3, -0.25) is 9.59 Å². The second-order valence-electron chi connectivity index (χ2n) is 3.64. The molecule has 4 nitrogen and oxygen atoms in total. The van der Waals surface area contributed by atoms with Crippen LogP contribution >= 0.6 is 0 Å². The molecule has 88 valence electrons. The average Bonchev–Trinajstić information content (AvgIpc) is 2.19. The number of unbranched alkanes of at least 4 members (excludes halogenated alkanes) is 2. The first-order valence-electron chi connectivity index (χ1n) is 5.68. The number of hydrogen-bond donors (Lipinski definition) is 2. The quantitative estimate of drug-likeness (QED) is 0.597. The van der Waals surface area contributed by atoms with Crippen LogP contribution in [0.3, 0.4) is 0 Å². The Morgan fingerprint density at radius 1 is 1.00 bits per heavy atom. The van der Waals surface area contributed by atoms with E-state index in [1.165, 1.54) is 6.92 Å². The number of hydrogen-bond acceptors (Lipinski definition) is 2. The van der Waals surface area contributed by atoms with Crippen molar-refractivity contribution in [2.75, 3.05) is 13.1 Å². The highest BCUT2D eigenvalue weighted by atomic mass is 16.2. The summed E-state index contributed by atoms with van der Waals surface area (Å²) < 4.78 is 0. The normalized spacial score (nSPS) is 9.73. The molecule has 0 saturated heterocycles. The largest absolute Gasteiger partial charge is 0.356 e. The van der Waals surface area contributed by atoms with Gasteiger partial charge in [-0.25, -0.2) is 0 Å². The summed E-state index contributed by atoms with van der Waals surface area (Å²) in [6.07, 6.45) is 4.46. The van der Waals surface area contributed by atoms with Gasteiger partial charge in [-0.05, 0) is 19.3 Å². The molecule has 0 rings (SSSR count). The summed E-state index contributed by atoms with van der Waals surface area (Å²) >= 11 is 0. The molecule has 2 N–H and O–H groups in total. The Labute approximate surface area is 91.8 Å². The van der Waals surface area contributed by atoms with E-state index in [1.807, 2.05) is 0 Å². The van der Waals surface area contributed by atoms with Crippen LogP contribution in [0, 0.1) is 0 Å². The molecule has 0 bridgehead atoms. The summed E-state index contributed by atoms with van der Waals surface area (Å²) in [6, 6.07) is 0. The number of nitrogens with one attached hydrogen (secondary N) is 2. The molecule has 0 aromatic rings. The van der Waals surface area contributed by atoms with Gasteiger partial charge in [0.1, 0.15) is 0 Å². The van der Waals surface area contributed by atoms with Crippen molar-refractivity contribution in [1.82, 2.24) is 10.6 Å². The number of carbonyl (C=O) groups is 2. The van der Waals surface area contributed by atoms with E-state index in [0.29, 0.717) is 19.5 Å². The van der Waals surface area contributed by atoms with Crippen LogP contribution in [0.15, 0.2) is 0 Å². The second-order valence-corrected chi connectivity index (χ2v) is 3.64. The van der Waals surface area contributed by atoms with Crippen LogP contribution in [-0.2, 0) is 9.59 Å². The van der Waals surface area contributed by atoms with Crippen LogP contribution in [-0.4, -0.2) is 24.9 Å². The van der Waals surface area contributed by atoms with E-state index in [2.05, 4.69) is 17.6 Å². The zero-order chi connectivity index (χ0) is 11.5. The van der Waals surface area contributed by atoms with Crippen molar-refractivity contribution in [2.24, 2.45) is 0 Å². The number of rotatable bonds is 8. The summed E-state index contributed by atoms with van der Waals surface area (Å²) in [6.45, 7) is 4.98. The van der Waals surface area contributed by atoms with Crippen molar-refractivity contribution >= 4 is 11.8 Å². The van der Waals surface area contributed by atoms with Gasteiger partial charge in [-0.2, -0.15) is 0 Å². The van der Waals surface area contributed by atoms with E-state index < -0.39 is 0 Å². The molecule has 4 heteroatoms. The molecule has 0 aliphatic carbocycles. The molecule has 0 aromatic heterocycles. The lowest BCUT2D eigenvalue weighted by Gasteiger charge is -2.04. The molecule has 0 aliphatic heterocycles. The lowest BCUT2D eigenvalue weighted by Crippen LogP contribution is -2.26. The monoisotopic (exact) mass is 214 g/mol. The minimum absolute atomic E-state index is 0.00183. The fraction of sp³-hybridized carbons (Fsp3) is 0.818. The maximum absolute atomic E-state index is 11.2. The van der Waals surface area contributed by atoms with Crippen LogP contribution in [0.4, 0.5) is 0 Å². The average molecular weight is 214 g/mol. The molecule has 0 spiro atoms. The Morgan fingerprint density at radius 2 is 1.60 bits per heavy atom. The highest BCUT2D eigenvalue weighted by Crippen LogP contribution is 1.93. The van der Waals surface area contributed by atoms with Gasteiger partial charge in [-0.15, -0.1) is 0 Å². The Balaban J connectivity index is 3.16. The van der Waals surface area contributed by atoms with Crippen LogP contribution in [0.25, 0.3) is 0 Å². The first kappa shape index (κ1) is 13.9. The van der Waals surface area contributed by atoms with Crippen molar-refractivity contribution in [3.05, 3.63) is 0 Å². The third-order valence-corrected chi connectivity index (χ3v) is 2.06. The fourth-order valence-corrected chi connectivity index (χ4v) is 1.17. The lowest BCUT2D eigenvalue weighted by atomic mass is 10.2. The van der Waals surface area contributed by atoms with E-state index >= 15 is 0 Å². The summed E-state index contributed by atoms with van der Waals surface area (Å²) in [5.41, 5.74) is 0. The van der Waals surface area contributed by atoms with Crippen LogP contribution < -0.4 is 10.6 Å². The van der Waals surface area contributed by atoms with Gasteiger partial charge in [0, 0.05) is 26.4 Å². The van der Waals surface area contributed by atoms with E-state index in [0.717, 1.165) is 25.7 Å². The molecular weight excluding hydrogens is 192 g/mol. The molecular formula is C11H22N2O2. The maximum atomic E-state index is 11.2. The SMILES string of the molecule is CCCCC(=O)NCCCCNC(C)=O. The molecule has 15 heavy (non-hydrogen) atoms. The third kappa shape index (κ3) is 10.9. The van der Waals surface area contributed by atoms with Crippen molar-refractivity contribution in [1.29, 1.82) is 0 Å². The van der Waals surface area contributed by atoms with E-state index in [4.69, 9.17) is 0 Å². The lowest BCUT2D eigenvalue weighted by molar-refractivity contribution is -0.121. The molecule has 0 atom stereocenters. The summed E-state index contributed by atoms with van der Waals surface area (Å²) in [4.78, 5) is 21.7.